The highest BCUT2D eigenvalue weighted by molar-refractivity contribution is 6.05. The predicted molar refractivity (Wildman–Crippen MR) is 97.9 cm³/mol. The van der Waals surface area contributed by atoms with Crippen LogP contribution in [0.3, 0.4) is 0 Å². The third-order valence-electron chi connectivity index (χ3n) is 3.88. The quantitative estimate of drug-likeness (QED) is 0.667. The maximum atomic E-state index is 12.4. The average Bonchev–Trinajstić information content (AvgIpc) is 2.72. The molecular formula is C18H22N2O8. The minimum absolute atomic E-state index is 0.00223. The molecule has 10 nitrogen and oxygen atoms in total. The molecular weight excluding hydrogens is 372 g/mol. The molecule has 1 heterocycles. The zero-order valence-corrected chi connectivity index (χ0v) is 16.1. The van der Waals surface area contributed by atoms with Crippen LogP contribution in [-0.4, -0.2) is 66.2 Å². The van der Waals surface area contributed by atoms with Crippen LogP contribution in [0.4, 0.5) is 11.4 Å². The van der Waals surface area contributed by atoms with Crippen LogP contribution >= 0.6 is 0 Å². The number of benzene rings is 1. The van der Waals surface area contributed by atoms with Gasteiger partial charge in [0.05, 0.1) is 44.9 Å². The molecule has 0 fully saturated rings. The molecule has 1 aliphatic heterocycles. The van der Waals surface area contributed by atoms with Gasteiger partial charge in [-0.1, -0.05) is 0 Å². The van der Waals surface area contributed by atoms with Crippen LogP contribution in [0.1, 0.15) is 0 Å². The van der Waals surface area contributed by atoms with E-state index in [-0.39, 0.29) is 31.2 Å². The van der Waals surface area contributed by atoms with E-state index in [2.05, 4.69) is 5.32 Å². The number of ether oxygens (including phenoxy) is 5. The van der Waals surface area contributed by atoms with Crippen LogP contribution in [-0.2, 0) is 33.3 Å². The molecule has 0 saturated heterocycles. The first kappa shape index (κ1) is 21.2. The van der Waals surface area contributed by atoms with Crippen LogP contribution in [0.15, 0.2) is 29.5 Å². The molecule has 0 saturated carbocycles. The van der Waals surface area contributed by atoms with E-state index >= 15 is 0 Å². The second-order valence-corrected chi connectivity index (χ2v) is 5.58. The summed E-state index contributed by atoms with van der Waals surface area (Å²) < 4.78 is 25.1. The first-order chi connectivity index (χ1) is 13.5. The Morgan fingerprint density at radius 1 is 1.11 bits per heavy atom. The lowest BCUT2D eigenvalue weighted by Gasteiger charge is -2.32. The smallest absolute Gasteiger partial charge is 0.355 e. The SMILES string of the molecule is COCC(=O)Nc1ccc(OC)cc1N1COCC(C(=O)OC)=C1C(=O)OC. The van der Waals surface area contributed by atoms with Crippen LogP contribution in [0.5, 0.6) is 5.75 Å². The second-order valence-electron chi connectivity index (χ2n) is 5.58. The van der Waals surface area contributed by atoms with E-state index in [1.807, 2.05) is 0 Å². The molecule has 0 unspecified atom stereocenters. The van der Waals surface area contributed by atoms with Gasteiger partial charge in [-0.05, 0) is 12.1 Å². The molecule has 0 radical (unpaired) electrons. The average molecular weight is 394 g/mol. The normalized spacial score (nSPS) is 13.8. The lowest BCUT2D eigenvalue weighted by molar-refractivity contribution is -0.140. The molecule has 1 amide bonds. The molecule has 1 aromatic rings. The molecule has 2 rings (SSSR count). The Labute approximate surface area is 161 Å². The minimum Gasteiger partial charge on any atom is -0.497 e. The molecule has 1 aromatic carbocycles. The van der Waals surface area contributed by atoms with E-state index < -0.39 is 17.8 Å². The largest absolute Gasteiger partial charge is 0.497 e. The van der Waals surface area contributed by atoms with Crippen molar-refractivity contribution in [2.24, 2.45) is 0 Å². The van der Waals surface area contributed by atoms with Crippen LogP contribution in [0.2, 0.25) is 0 Å². The van der Waals surface area contributed by atoms with Gasteiger partial charge in [-0.2, -0.15) is 0 Å². The molecule has 0 aliphatic carbocycles. The first-order valence-electron chi connectivity index (χ1n) is 8.18. The number of carbonyl (C=O) groups excluding carboxylic acids is 3. The Morgan fingerprint density at radius 3 is 2.43 bits per heavy atom. The number of anilines is 2. The zero-order chi connectivity index (χ0) is 20.7. The summed E-state index contributed by atoms with van der Waals surface area (Å²) in [6.07, 6.45) is 0. The third kappa shape index (κ3) is 4.59. The van der Waals surface area contributed by atoms with Crippen molar-refractivity contribution in [3.05, 3.63) is 29.5 Å². The van der Waals surface area contributed by atoms with Crippen molar-refractivity contribution in [2.45, 2.75) is 0 Å². The van der Waals surface area contributed by atoms with Gasteiger partial charge in [0.2, 0.25) is 5.91 Å². The second kappa shape index (κ2) is 9.72. The van der Waals surface area contributed by atoms with Gasteiger partial charge < -0.3 is 33.9 Å². The molecule has 0 aromatic heterocycles. The van der Waals surface area contributed by atoms with Gasteiger partial charge in [0.25, 0.3) is 0 Å². The molecule has 0 spiro atoms. The predicted octanol–water partition coefficient (Wildman–Crippen LogP) is 0.674. The van der Waals surface area contributed by atoms with Crippen molar-refractivity contribution in [1.82, 2.24) is 0 Å². The number of nitrogens with one attached hydrogen (secondary N) is 1. The number of hydrogen-bond acceptors (Lipinski definition) is 9. The molecule has 0 bridgehead atoms. The van der Waals surface area contributed by atoms with Gasteiger partial charge in [0.15, 0.2) is 0 Å². The van der Waals surface area contributed by atoms with Gasteiger partial charge in [-0.15, -0.1) is 0 Å². The van der Waals surface area contributed by atoms with Gasteiger partial charge in [0.1, 0.15) is 24.8 Å². The van der Waals surface area contributed by atoms with Crippen molar-refractivity contribution in [3.63, 3.8) is 0 Å². The maximum Gasteiger partial charge on any atom is 0.355 e. The van der Waals surface area contributed by atoms with E-state index in [1.54, 1.807) is 18.2 Å². The van der Waals surface area contributed by atoms with Crippen LogP contribution in [0, 0.1) is 0 Å². The third-order valence-corrected chi connectivity index (χ3v) is 3.88. The fourth-order valence-electron chi connectivity index (χ4n) is 2.62. The summed E-state index contributed by atoms with van der Waals surface area (Å²) in [6, 6.07) is 4.83. The fourth-order valence-corrected chi connectivity index (χ4v) is 2.62. The highest BCUT2D eigenvalue weighted by atomic mass is 16.5. The molecule has 152 valence electrons. The lowest BCUT2D eigenvalue weighted by atomic mass is 10.1. The monoisotopic (exact) mass is 394 g/mol. The first-order valence-corrected chi connectivity index (χ1v) is 8.18. The summed E-state index contributed by atoms with van der Waals surface area (Å²) >= 11 is 0. The minimum atomic E-state index is -0.749. The summed E-state index contributed by atoms with van der Waals surface area (Å²) in [4.78, 5) is 38.0. The van der Waals surface area contributed by atoms with Gasteiger partial charge in [-0.3, -0.25) is 4.79 Å². The van der Waals surface area contributed by atoms with E-state index in [4.69, 9.17) is 23.7 Å². The Balaban J connectivity index is 2.60. The van der Waals surface area contributed by atoms with Crippen molar-refractivity contribution >= 4 is 29.2 Å². The zero-order valence-electron chi connectivity index (χ0n) is 16.1. The molecule has 28 heavy (non-hydrogen) atoms. The lowest BCUT2D eigenvalue weighted by Crippen LogP contribution is -2.39. The van der Waals surface area contributed by atoms with Crippen molar-refractivity contribution in [1.29, 1.82) is 0 Å². The highest BCUT2D eigenvalue weighted by Crippen LogP contribution is 2.35. The Bertz CT molecular complexity index is 790. The fraction of sp³-hybridized carbons (Fsp3) is 0.389. The van der Waals surface area contributed by atoms with Crippen molar-refractivity contribution in [3.8, 4) is 5.75 Å². The summed E-state index contributed by atoms with van der Waals surface area (Å²) in [7, 11) is 5.27. The number of carbonyl (C=O) groups is 3. The molecule has 1 aliphatic rings. The number of rotatable bonds is 7. The molecule has 0 atom stereocenters. The van der Waals surface area contributed by atoms with E-state index in [0.29, 0.717) is 17.1 Å². The Morgan fingerprint density at radius 2 is 1.82 bits per heavy atom. The summed E-state index contributed by atoms with van der Waals surface area (Å²) in [5, 5.41) is 2.69. The van der Waals surface area contributed by atoms with E-state index in [9.17, 15) is 14.4 Å². The van der Waals surface area contributed by atoms with Gasteiger partial charge in [-0.25, -0.2) is 9.59 Å². The topological polar surface area (TPSA) is 113 Å². The van der Waals surface area contributed by atoms with Gasteiger partial charge in [0, 0.05) is 13.2 Å². The Hall–Kier alpha value is -3.11. The number of amides is 1. The number of nitrogens with zero attached hydrogens (tertiary/aromatic N) is 1. The number of methoxy groups -OCH3 is 4. The molecule has 1 N–H and O–H groups in total. The highest BCUT2D eigenvalue weighted by Gasteiger charge is 2.33. The maximum absolute atomic E-state index is 12.4. The van der Waals surface area contributed by atoms with Crippen molar-refractivity contribution < 1.29 is 38.1 Å². The summed E-state index contributed by atoms with van der Waals surface area (Å²) in [5.41, 5.74) is 0.679. The molecule has 10 heteroatoms. The Kier molecular flexibility index (Phi) is 7.36. The van der Waals surface area contributed by atoms with Gasteiger partial charge >= 0.3 is 11.9 Å². The van der Waals surface area contributed by atoms with Crippen molar-refractivity contribution in [2.75, 3.05) is 58.6 Å². The number of esters is 2. The van der Waals surface area contributed by atoms with E-state index in [1.165, 1.54) is 33.3 Å². The van der Waals surface area contributed by atoms with Crippen LogP contribution < -0.4 is 15.0 Å². The van der Waals surface area contributed by atoms with E-state index in [0.717, 1.165) is 0 Å². The number of hydrogen-bond donors (Lipinski definition) is 1. The summed E-state index contributed by atoms with van der Waals surface area (Å²) in [5.74, 6) is -1.41. The summed E-state index contributed by atoms with van der Waals surface area (Å²) in [6.45, 7) is -0.344. The standard InChI is InChI=1S/C18H22N2O8/c1-24-9-15(21)19-13-6-5-11(25-2)7-14(13)20-10-28-8-12(17(22)26-3)16(20)18(23)27-4/h5-7H,8-10H2,1-4H3,(H,19,21). The van der Waals surface area contributed by atoms with Crippen LogP contribution in [0.25, 0.3) is 0 Å².